The number of halogens is 3. The maximum absolute atomic E-state index is 12.9. The van der Waals surface area contributed by atoms with Crippen molar-refractivity contribution in [2.24, 2.45) is 0 Å². The van der Waals surface area contributed by atoms with Crippen molar-refractivity contribution >= 4 is 16.6 Å². The van der Waals surface area contributed by atoms with Crippen LogP contribution >= 0.6 is 0 Å². The summed E-state index contributed by atoms with van der Waals surface area (Å²) in [7, 11) is 0. The van der Waals surface area contributed by atoms with Crippen LogP contribution in [0.25, 0.3) is 10.9 Å². The van der Waals surface area contributed by atoms with Crippen molar-refractivity contribution < 1.29 is 13.2 Å². The number of alkyl halides is 3. The molecule has 0 spiro atoms. The Morgan fingerprint density at radius 2 is 1.75 bits per heavy atom. The first-order valence-electron chi connectivity index (χ1n) is 9.03. The molecule has 1 fully saturated rings. The highest BCUT2D eigenvalue weighted by molar-refractivity contribution is 5.77. The molecule has 1 N–H and O–H groups in total. The highest BCUT2D eigenvalue weighted by Crippen LogP contribution is 2.31. The summed E-state index contributed by atoms with van der Waals surface area (Å²) in [6.07, 6.45) is -4.34. The van der Waals surface area contributed by atoms with Crippen LogP contribution in [0.4, 0.5) is 18.9 Å². The van der Waals surface area contributed by atoms with Crippen LogP contribution in [0.15, 0.2) is 53.3 Å². The van der Waals surface area contributed by atoms with Crippen LogP contribution in [0.2, 0.25) is 0 Å². The molecular weight excluding hydrogens is 369 g/mol. The van der Waals surface area contributed by atoms with Gasteiger partial charge in [0.05, 0.1) is 23.0 Å². The molecule has 0 aliphatic carbocycles. The van der Waals surface area contributed by atoms with E-state index >= 15 is 0 Å². The predicted octanol–water partition coefficient (Wildman–Crippen LogP) is 3.26. The minimum atomic E-state index is -4.34. The summed E-state index contributed by atoms with van der Waals surface area (Å²) in [5.41, 5.74) is 0.434. The van der Waals surface area contributed by atoms with Crippen LogP contribution in [0.3, 0.4) is 0 Å². The van der Waals surface area contributed by atoms with Gasteiger partial charge >= 0.3 is 6.18 Å². The second kappa shape index (κ2) is 7.27. The summed E-state index contributed by atoms with van der Waals surface area (Å²) in [6, 6.07) is 12.6. The Bertz CT molecular complexity index is 1040. The average molecular weight is 388 g/mol. The molecule has 0 amide bonds. The van der Waals surface area contributed by atoms with E-state index in [0.29, 0.717) is 55.1 Å². The lowest BCUT2D eigenvalue weighted by Crippen LogP contribution is -2.46. The fraction of sp³-hybridized carbons (Fsp3) is 0.300. The largest absolute Gasteiger partial charge is 0.416 e. The average Bonchev–Trinajstić information content (AvgIpc) is 2.68. The number of hydrogen-bond acceptors (Lipinski definition) is 4. The Labute approximate surface area is 159 Å². The summed E-state index contributed by atoms with van der Waals surface area (Å²) in [6.45, 7) is 3.06. The van der Waals surface area contributed by atoms with Gasteiger partial charge in [-0.2, -0.15) is 13.2 Å². The van der Waals surface area contributed by atoms with Gasteiger partial charge in [-0.25, -0.2) is 4.98 Å². The first-order chi connectivity index (χ1) is 13.4. The van der Waals surface area contributed by atoms with E-state index in [4.69, 9.17) is 0 Å². The van der Waals surface area contributed by atoms with Crippen LogP contribution in [-0.2, 0) is 12.7 Å². The summed E-state index contributed by atoms with van der Waals surface area (Å²) < 4.78 is 38.8. The molecule has 0 bridgehead atoms. The minimum absolute atomic E-state index is 0.164. The first kappa shape index (κ1) is 18.5. The maximum Gasteiger partial charge on any atom is 0.416 e. The van der Waals surface area contributed by atoms with Crippen molar-refractivity contribution in [1.29, 1.82) is 0 Å². The number of piperazine rings is 1. The zero-order chi connectivity index (χ0) is 19.7. The van der Waals surface area contributed by atoms with E-state index in [1.165, 1.54) is 12.1 Å². The molecule has 0 unspecified atom stereocenters. The summed E-state index contributed by atoms with van der Waals surface area (Å²) >= 11 is 0. The van der Waals surface area contributed by atoms with Gasteiger partial charge in [0.2, 0.25) is 0 Å². The molecule has 1 aliphatic rings. The number of nitrogens with zero attached hydrogens (tertiary/aromatic N) is 3. The van der Waals surface area contributed by atoms with Crippen LogP contribution in [0.1, 0.15) is 11.4 Å². The van der Waals surface area contributed by atoms with Crippen molar-refractivity contribution in [3.63, 3.8) is 0 Å². The Hall–Kier alpha value is -2.87. The van der Waals surface area contributed by atoms with Crippen LogP contribution in [0.5, 0.6) is 0 Å². The zero-order valence-electron chi connectivity index (χ0n) is 15.0. The zero-order valence-corrected chi connectivity index (χ0v) is 15.0. The Balaban J connectivity index is 1.43. The second-order valence-electron chi connectivity index (χ2n) is 6.84. The quantitative estimate of drug-likeness (QED) is 0.748. The number of benzene rings is 2. The van der Waals surface area contributed by atoms with Gasteiger partial charge in [0.1, 0.15) is 5.82 Å². The van der Waals surface area contributed by atoms with E-state index in [2.05, 4.69) is 14.9 Å². The highest BCUT2D eigenvalue weighted by Gasteiger charge is 2.31. The van der Waals surface area contributed by atoms with Crippen molar-refractivity contribution in [1.82, 2.24) is 14.9 Å². The first-order valence-corrected chi connectivity index (χ1v) is 9.03. The Morgan fingerprint density at radius 3 is 2.50 bits per heavy atom. The van der Waals surface area contributed by atoms with Gasteiger partial charge in [-0.15, -0.1) is 0 Å². The lowest BCUT2D eigenvalue weighted by Gasteiger charge is -2.36. The molecule has 146 valence electrons. The predicted molar refractivity (Wildman–Crippen MR) is 101 cm³/mol. The van der Waals surface area contributed by atoms with Crippen LogP contribution < -0.4 is 10.5 Å². The third-order valence-electron chi connectivity index (χ3n) is 4.95. The third kappa shape index (κ3) is 3.87. The summed E-state index contributed by atoms with van der Waals surface area (Å²) in [5, 5.41) is 0.556. The number of nitrogens with one attached hydrogen (secondary N) is 1. The summed E-state index contributed by atoms with van der Waals surface area (Å²) in [5.74, 6) is 0.594. The van der Waals surface area contributed by atoms with Crippen molar-refractivity contribution in [2.75, 3.05) is 31.1 Å². The number of H-pyrrole nitrogens is 1. The van der Waals surface area contributed by atoms with Crippen molar-refractivity contribution in [3.05, 3.63) is 70.3 Å². The van der Waals surface area contributed by atoms with Gasteiger partial charge in [0.15, 0.2) is 0 Å². The highest BCUT2D eigenvalue weighted by atomic mass is 19.4. The smallest absolute Gasteiger partial charge is 0.369 e. The molecule has 28 heavy (non-hydrogen) atoms. The molecule has 0 saturated carbocycles. The van der Waals surface area contributed by atoms with Gasteiger partial charge in [-0.1, -0.05) is 18.2 Å². The lowest BCUT2D eigenvalue weighted by atomic mass is 10.1. The number of fused-ring (bicyclic) bond motifs is 1. The van der Waals surface area contributed by atoms with Gasteiger partial charge in [-0.05, 0) is 30.3 Å². The van der Waals surface area contributed by atoms with E-state index in [-0.39, 0.29) is 5.56 Å². The molecule has 2 aromatic carbocycles. The standard InChI is InChI=1S/C20H19F3N4O/c21-20(22,23)14-4-3-5-15(12-14)27-10-8-26(9-11-27)13-18-24-17-7-2-1-6-16(17)19(28)25-18/h1-7,12H,8-11,13H2,(H,24,25,28). The molecule has 1 aromatic heterocycles. The van der Waals surface area contributed by atoms with Gasteiger partial charge in [-0.3, -0.25) is 9.69 Å². The lowest BCUT2D eigenvalue weighted by molar-refractivity contribution is -0.137. The Kier molecular flexibility index (Phi) is 4.80. The molecular formula is C20H19F3N4O. The molecule has 1 aliphatic heterocycles. The van der Waals surface area contributed by atoms with E-state index in [0.717, 1.165) is 6.07 Å². The topological polar surface area (TPSA) is 52.2 Å². The number of hydrogen-bond donors (Lipinski definition) is 1. The number of aromatic amines is 1. The maximum atomic E-state index is 12.9. The number of aromatic nitrogens is 2. The van der Waals surface area contributed by atoms with Crippen LogP contribution in [-0.4, -0.2) is 41.0 Å². The molecule has 2 heterocycles. The molecule has 5 nitrogen and oxygen atoms in total. The SMILES string of the molecule is O=c1[nH]c(CN2CCN(c3cccc(C(F)(F)F)c3)CC2)nc2ccccc12. The second-order valence-corrected chi connectivity index (χ2v) is 6.84. The van der Waals surface area contributed by atoms with E-state index in [1.807, 2.05) is 11.0 Å². The number of para-hydroxylation sites is 1. The van der Waals surface area contributed by atoms with E-state index < -0.39 is 11.7 Å². The Morgan fingerprint density at radius 1 is 1.00 bits per heavy atom. The molecule has 0 radical (unpaired) electrons. The van der Waals surface area contributed by atoms with Gasteiger partial charge in [0.25, 0.3) is 5.56 Å². The summed E-state index contributed by atoms with van der Waals surface area (Å²) in [4.78, 5) is 23.6. The molecule has 8 heteroatoms. The number of rotatable bonds is 3. The van der Waals surface area contributed by atoms with Crippen LogP contribution in [0, 0.1) is 0 Å². The van der Waals surface area contributed by atoms with E-state index in [9.17, 15) is 18.0 Å². The molecule has 3 aromatic rings. The molecule has 1 saturated heterocycles. The normalized spacial score (nSPS) is 15.9. The minimum Gasteiger partial charge on any atom is -0.369 e. The van der Waals surface area contributed by atoms with Gasteiger partial charge in [0, 0.05) is 31.9 Å². The fourth-order valence-electron chi connectivity index (χ4n) is 3.46. The number of anilines is 1. The third-order valence-corrected chi connectivity index (χ3v) is 4.95. The molecule has 0 atom stereocenters. The fourth-order valence-corrected chi connectivity index (χ4v) is 3.46. The van der Waals surface area contributed by atoms with E-state index in [1.54, 1.807) is 24.3 Å². The molecule has 4 rings (SSSR count). The van der Waals surface area contributed by atoms with Gasteiger partial charge < -0.3 is 9.88 Å². The van der Waals surface area contributed by atoms with Crippen molar-refractivity contribution in [3.8, 4) is 0 Å². The monoisotopic (exact) mass is 388 g/mol. The van der Waals surface area contributed by atoms with Crippen molar-refractivity contribution in [2.45, 2.75) is 12.7 Å².